The number of anilines is 2. The highest BCUT2D eigenvalue weighted by Crippen LogP contribution is 2.25. The second-order valence-corrected chi connectivity index (χ2v) is 4.69. The van der Waals surface area contributed by atoms with Gasteiger partial charge in [-0.05, 0) is 5.92 Å². The Morgan fingerprint density at radius 1 is 1.32 bits per heavy atom. The molecule has 7 heteroatoms. The molecule has 0 bridgehead atoms. The van der Waals surface area contributed by atoms with Crippen molar-refractivity contribution in [3.8, 4) is 0 Å². The van der Waals surface area contributed by atoms with Gasteiger partial charge in [-0.15, -0.1) is 0 Å². The van der Waals surface area contributed by atoms with Crippen LogP contribution in [0.3, 0.4) is 0 Å². The number of nitrogen functional groups attached to an aromatic ring is 1. The molecule has 2 heterocycles. The summed E-state index contributed by atoms with van der Waals surface area (Å²) in [5, 5.41) is 7.50. The van der Waals surface area contributed by atoms with Crippen LogP contribution in [0.2, 0.25) is 0 Å². The largest absolute Gasteiger partial charge is 0.383 e. The van der Waals surface area contributed by atoms with Crippen molar-refractivity contribution < 1.29 is 0 Å². The summed E-state index contributed by atoms with van der Waals surface area (Å²) >= 11 is 0. The van der Waals surface area contributed by atoms with Gasteiger partial charge < -0.3 is 11.1 Å². The van der Waals surface area contributed by atoms with Crippen LogP contribution in [-0.2, 0) is 13.5 Å². The van der Waals surface area contributed by atoms with E-state index < -0.39 is 0 Å². The quantitative estimate of drug-likeness (QED) is 0.832. The third-order valence-corrected chi connectivity index (χ3v) is 2.78. The van der Waals surface area contributed by atoms with Crippen molar-refractivity contribution in [2.24, 2.45) is 7.05 Å². The highest BCUT2D eigenvalue weighted by Gasteiger charge is 2.12. The normalized spacial score (nSPS) is 10.9. The molecular weight excluding hydrogens is 242 g/mol. The second-order valence-electron chi connectivity index (χ2n) is 4.69. The molecule has 0 aliphatic carbocycles. The van der Waals surface area contributed by atoms with Crippen molar-refractivity contribution >= 4 is 11.6 Å². The molecule has 0 fully saturated rings. The number of aryl methyl sites for hydroxylation is 1. The van der Waals surface area contributed by atoms with Crippen molar-refractivity contribution in [3.63, 3.8) is 0 Å². The van der Waals surface area contributed by atoms with Crippen molar-refractivity contribution in [3.05, 3.63) is 24.0 Å². The van der Waals surface area contributed by atoms with Crippen LogP contribution in [-0.4, -0.2) is 31.3 Å². The molecule has 2 rings (SSSR count). The third kappa shape index (κ3) is 3.18. The van der Waals surface area contributed by atoms with E-state index in [0.29, 0.717) is 12.4 Å². The van der Waals surface area contributed by atoms with E-state index in [4.69, 9.17) is 5.73 Å². The molecule has 0 saturated heterocycles. The molecule has 0 aromatic carbocycles. The van der Waals surface area contributed by atoms with Crippen LogP contribution in [0.25, 0.3) is 0 Å². The fourth-order valence-corrected chi connectivity index (χ4v) is 1.91. The average molecular weight is 261 g/mol. The van der Waals surface area contributed by atoms with Gasteiger partial charge in [-0.25, -0.2) is 15.0 Å². The molecule has 0 saturated carbocycles. The second kappa shape index (κ2) is 5.64. The zero-order valence-corrected chi connectivity index (χ0v) is 11.5. The summed E-state index contributed by atoms with van der Waals surface area (Å²) in [6, 6.07) is 0. The molecule has 0 aliphatic rings. The van der Waals surface area contributed by atoms with Crippen LogP contribution in [0.15, 0.2) is 12.7 Å². The highest BCUT2D eigenvalue weighted by molar-refractivity contribution is 5.56. The molecule has 0 atom stereocenters. The standard InChI is InChI=1S/C12H19N7/c1-8(2)10-11(13)15-6-16-12(10)14-5-4-9-17-7-19(3)18-9/h6-8H,4-5H2,1-3H3,(H3,13,14,15,16). The van der Waals surface area contributed by atoms with E-state index in [9.17, 15) is 0 Å². The minimum Gasteiger partial charge on any atom is -0.383 e. The van der Waals surface area contributed by atoms with Crippen molar-refractivity contribution in [1.82, 2.24) is 24.7 Å². The molecule has 0 amide bonds. The molecule has 19 heavy (non-hydrogen) atoms. The Bertz CT molecular complexity index is 547. The first-order valence-corrected chi connectivity index (χ1v) is 6.26. The third-order valence-electron chi connectivity index (χ3n) is 2.78. The Labute approximate surface area is 112 Å². The summed E-state index contributed by atoms with van der Waals surface area (Å²) in [4.78, 5) is 12.5. The predicted octanol–water partition coefficient (Wildman–Crippen LogP) is 0.965. The number of nitrogens with zero attached hydrogens (tertiary/aromatic N) is 5. The topological polar surface area (TPSA) is 94.5 Å². The first kappa shape index (κ1) is 13.3. The Hall–Kier alpha value is -2.18. The van der Waals surface area contributed by atoms with Gasteiger partial charge in [-0.3, -0.25) is 4.68 Å². The van der Waals surface area contributed by atoms with Crippen LogP contribution in [0.5, 0.6) is 0 Å². The number of aromatic nitrogens is 5. The minimum absolute atomic E-state index is 0.275. The number of hydrogen-bond donors (Lipinski definition) is 2. The predicted molar refractivity (Wildman–Crippen MR) is 73.7 cm³/mol. The maximum atomic E-state index is 5.89. The van der Waals surface area contributed by atoms with Gasteiger partial charge in [-0.1, -0.05) is 13.8 Å². The Balaban J connectivity index is 2.01. The minimum atomic E-state index is 0.275. The van der Waals surface area contributed by atoms with Gasteiger partial charge in [-0.2, -0.15) is 5.10 Å². The molecule has 2 aromatic heterocycles. The molecule has 0 radical (unpaired) electrons. The SMILES string of the molecule is CC(C)c1c(N)ncnc1NCCc1ncn(C)n1. The van der Waals surface area contributed by atoms with Gasteiger partial charge in [0.2, 0.25) is 0 Å². The van der Waals surface area contributed by atoms with E-state index in [1.807, 2.05) is 7.05 Å². The zero-order valence-electron chi connectivity index (χ0n) is 11.5. The Morgan fingerprint density at radius 3 is 2.74 bits per heavy atom. The monoisotopic (exact) mass is 261 g/mol. The van der Waals surface area contributed by atoms with E-state index in [2.05, 4.69) is 39.2 Å². The maximum absolute atomic E-state index is 5.89. The van der Waals surface area contributed by atoms with E-state index in [1.165, 1.54) is 6.33 Å². The number of nitrogens with one attached hydrogen (secondary N) is 1. The fourth-order valence-electron chi connectivity index (χ4n) is 1.91. The molecule has 0 spiro atoms. The van der Waals surface area contributed by atoms with Gasteiger partial charge in [0.25, 0.3) is 0 Å². The lowest BCUT2D eigenvalue weighted by molar-refractivity contribution is 0.741. The Kier molecular flexibility index (Phi) is 3.94. The van der Waals surface area contributed by atoms with Gasteiger partial charge in [0, 0.05) is 25.6 Å². The van der Waals surface area contributed by atoms with Crippen LogP contribution >= 0.6 is 0 Å². The molecule has 0 unspecified atom stereocenters. The summed E-state index contributed by atoms with van der Waals surface area (Å²) in [5.41, 5.74) is 6.84. The molecule has 7 nitrogen and oxygen atoms in total. The lowest BCUT2D eigenvalue weighted by atomic mass is 10.0. The molecule has 102 valence electrons. The van der Waals surface area contributed by atoms with E-state index >= 15 is 0 Å². The summed E-state index contributed by atoms with van der Waals surface area (Å²) in [7, 11) is 1.85. The summed E-state index contributed by atoms with van der Waals surface area (Å²) in [5.74, 6) is 2.40. The number of nitrogens with two attached hydrogens (primary N) is 1. The maximum Gasteiger partial charge on any atom is 0.152 e. The average Bonchev–Trinajstić information content (AvgIpc) is 2.74. The zero-order chi connectivity index (χ0) is 13.8. The van der Waals surface area contributed by atoms with Crippen LogP contribution in [0, 0.1) is 0 Å². The summed E-state index contributed by atoms with van der Waals surface area (Å²) < 4.78 is 1.69. The van der Waals surface area contributed by atoms with Crippen LogP contribution in [0.4, 0.5) is 11.6 Å². The molecule has 0 aliphatic heterocycles. The summed E-state index contributed by atoms with van der Waals surface area (Å²) in [6.07, 6.45) is 3.91. The lowest BCUT2D eigenvalue weighted by Crippen LogP contribution is -2.12. The van der Waals surface area contributed by atoms with Gasteiger partial charge in [0.05, 0.1) is 0 Å². The molecular formula is C12H19N7. The van der Waals surface area contributed by atoms with Crippen LogP contribution < -0.4 is 11.1 Å². The Morgan fingerprint density at radius 2 is 2.11 bits per heavy atom. The number of hydrogen-bond acceptors (Lipinski definition) is 6. The van der Waals surface area contributed by atoms with E-state index in [1.54, 1.807) is 11.0 Å². The first-order valence-electron chi connectivity index (χ1n) is 6.26. The highest BCUT2D eigenvalue weighted by atomic mass is 15.3. The lowest BCUT2D eigenvalue weighted by Gasteiger charge is -2.14. The fraction of sp³-hybridized carbons (Fsp3) is 0.500. The molecule has 2 aromatic rings. The van der Waals surface area contributed by atoms with Gasteiger partial charge in [0.1, 0.15) is 24.3 Å². The van der Waals surface area contributed by atoms with E-state index in [0.717, 1.165) is 23.6 Å². The van der Waals surface area contributed by atoms with E-state index in [-0.39, 0.29) is 5.92 Å². The van der Waals surface area contributed by atoms with Crippen molar-refractivity contribution in [2.75, 3.05) is 17.6 Å². The van der Waals surface area contributed by atoms with Crippen molar-refractivity contribution in [2.45, 2.75) is 26.2 Å². The van der Waals surface area contributed by atoms with Gasteiger partial charge >= 0.3 is 0 Å². The summed E-state index contributed by atoms with van der Waals surface area (Å²) in [6.45, 7) is 4.85. The first-order chi connectivity index (χ1) is 9.08. The van der Waals surface area contributed by atoms with Gasteiger partial charge in [0.15, 0.2) is 5.82 Å². The van der Waals surface area contributed by atoms with Crippen LogP contribution in [0.1, 0.15) is 31.2 Å². The number of rotatable bonds is 5. The molecule has 3 N–H and O–H groups in total. The smallest absolute Gasteiger partial charge is 0.152 e. The van der Waals surface area contributed by atoms with Crippen molar-refractivity contribution in [1.29, 1.82) is 0 Å².